The Kier molecular flexibility index (Phi) is 6.73. The first-order valence-electron chi connectivity index (χ1n) is 11.6. The van der Waals surface area contributed by atoms with Gasteiger partial charge in [-0.15, -0.1) is 13.2 Å². The van der Waals surface area contributed by atoms with Crippen molar-refractivity contribution < 1.29 is 17.9 Å². The zero-order chi connectivity index (χ0) is 26.9. The number of rotatable bonds is 5. The molecule has 0 bridgehead atoms. The first kappa shape index (κ1) is 25.2. The number of hydrogen-bond acceptors (Lipinski definition) is 4. The summed E-state index contributed by atoms with van der Waals surface area (Å²) >= 11 is 5.37. The Bertz CT molecular complexity index is 1660. The summed E-state index contributed by atoms with van der Waals surface area (Å²) in [7, 11) is 0. The second kappa shape index (κ2) is 10.1. The highest BCUT2D eigenvalue weighted by atomic mass is 32.1. The minimum atomic E-state index is -4.73. The standard InChI is InChI=1S/C28H22F3N5OS/c1-17-4-3-5-18(2)26(17)34-27(38)35-32-15-19-6-12-23-20(14-19)7-13-25-24(23)16-33-36(25)21-8-10-22(11-9-21)37-28(29,30)31/h3-16H,1-2H3,(H2,34,35,38)/b32-15-. The molecule has 10 heteroatoms. The van der Waals surface area contributed by atoms with Crippen molar-refractivity contribution in [2.75, 3.05) is 5.32 Å². The Morgan fingerprint density at radius 3 is 2.42 bits per heavy atom. The van der Waals surface area contributed by atoms with Gasteiger partial charge in [-0.25, -0.2) is 4.68 Å². The minimum Gasteiger partial charge on any atom is -0.406 e. The fourth-order valence-corrected chi connectivity index (χ4v) is 4.41. The summed E-state index contributed by atoms with van der Waals surface area (Å²) in [6.07, 6.45) is -1.30. The predicted molar refractivity (Wildman–Crippen MR) is 148 cm³/mol. The molecule has 0 fully saturated rings. The number of benzene rings is 4. The summed E-state index contributed by atoms with van der Waals surface area (Å²) in [5.41, 5.74) is 8.33. The predicted octanol–water partition coefficient (Wildman–Crippen LogP) is 7.01. The molecule has 1 heterocycles. The summed E-state index contributed by atoms with van der Waals surface area (Å²) in [6.45, 7) is 4.03. The van der Waals surface area contributed by atoms with Crippen LogP contribution in [0.5, 0.6) is 5.75 Å². The van der Waals surface area contributed by atoms with E-state index in [9.17, 15) is 13.2 Å². The molecule has 0 aliphatic rings. The summed E-state index contributed by atoms with van der Waals surface area (Å²) < 4.78 is 43.0. The Balaban J connectivity index is 1.32. The third-order valence-electron chi connectivity index (χ3n) is 6.01. The highest BCUT2D eigenvalue weighted by molar-refractivity contribution is 7.80. The summed E-state index contributed by atoms with van der Waals surface area (Å²) in [6, 6.07) is 21.4. The van der Waals surface area contributed by atoms with Gasteiger partial charge in [0, 0.05) is 11.1 Å². The number of alkyl halides is 3. The number of para-hydroxylation sites is 1. The zero-order valence-electron chi connectivity index (χ0n) is 20.4. The maximum absolute atomic E-state index is 12.5. The molecule has 38 heavy (non-hydrogen) atoms. The van der Waals surface area contributed by atoms with E-state index in [0.29, 0.717) is 10.8 Å². The molecule has 192 valence electrons. The number of aryl methyl sites for hydroxylation is 2. The van der Waals surface area contributed by atoms with Crippen molar-refractivity contribution >= 4 is 50.9 Å². The first-order valence-corrected chi connectivity index (χ1v) is 12.0. The van der Waals surface area contributed by atoms with Crippen molar-refractivity contribution in [3.63, 3.8) is 0 Å². The van der Waals surface area contributed by atoms with Crippen LogP contribution in [0.25, 0.3) is 27.4 Å². The summed E-state index contributed by atoms with van der Waals surface area (Å²) in [5.74, 6) is -0.284. The maximum Gasteiger partial charge on any atom is 0.573 e. The number of hydrazone groups is 1. The molecule has 0 spiro atoms. The van der Waals surface area contributed by atoms with Crippen LogP contribution in [-0.4, -0.2) is 27.5 Å². The van der Waals surface area contributed by atoms with Gasteiger partial charge in [-0.3, -0.25) is 5.43 Å². The van der Waals surface area contributed by atoms with Gasteiger partial charge in [0.25, 0.3) is 0 Å². The third kappa shape index (κ3) is 5.45. The topological polar surface area (TPSA) is 63.5 Å². The van der Waals surface area contributed by atoms with Crippen LogP contribution < -0.4 is 15.5 Å². The largest absolute Gasteiger partial charge is 0.573 e. The van der Waals surface area contributed by atoms with Crippen LogP contribution in [0.4, 0.5) is 18.9 Å². The summed E-state index contributed by atoms with van der Waals surface area (Å²) in [4.78, 5) is 0. The summed E-state index contributed by atoms with van der Waals surface area (Å²) in [5, 5.41) is 15.2. The lowest BCUT2D eigenvalue weighted by atomic mass is 10.0. The Labute approximate surface area is 221 Å². The van der Waals surface area contributed by atoms with Crippen molar-refractivity contribution in [1.29, 1.82) is 0 Å². The second-order valence-corrected chi connectivity index (χ2v) is 9.08. The number of anilines is 1. The zero-order valence-corrected chi connectivity index (χ0v) is 21.2. The van der Waals surface area contributed by atoms with Gasteiger partial charge in [0.2, 0.25) is 0 Å². The number of hydrogen-bond donors (Lipinski definition) is 2. The van der Waals surface area contributed by atoms with Gasteiger partial charge in [0.05, 0.1) is 23.6 Å². The van der Waals surface area contributed by atoms with Gasteiger partial charge in [-0.1, -0.05) is 36.4 Å². The lowest BCUT2D eigenvalue weighted by molar-refractivity contribution is -0.274. The number of halogens is 3. The van der Waals surface area contributed by atoms with Crippen LogP contribution in [0.3, 0.4) is 0 Å². The number of ether oxygens (including phenoxy) is 1. The molecule has 4 aromatic carbocycles. The SMILES string of the molecule is Cc1cccc(C)c1NC(=S)N/N=C\c1ccc2c(ccc3c2cnn3-c2ccc(OC(F)(F)F)cc2)c1. The lowest BCUT2D eigenvalue weighted by Crippen LogP contribution is -2.24. The van der Waals surface area contributed by atoms with E-state index in [-0.39, 0.29) is 5.75 Å². The van der Waals surface area contributed by atoms with Crippen LogP contribution in [-0.2, 0) is 0 Å². The van der Waals surface area contributed by atoms with Crippen molar-refractivity contribution in [2.45, 2.75) is 20.2 Å². The normalized spacial score (nSPS) is 11.8. The van der Waals surface area contributed by atoms with Crippen molar-refractivity contribution in [2.24, 2.45) is 5.10 Å². The molecule has 0 aliphatic carbocycles. The number of fused-ring (bicyclic) bond motifs is 3. The van der Waals surface area contributed by atoms with Crippen LogP contribution in [0.2, 0.25) is 0 Å². The molecular formula is C28H22F3N5OS. The average molecular weight is 534 g/mol. The molecule has 0 radical (unpaired) electrons. The Morgan fingerprint density at radius 1 is 0.974 bits per heavy atom. The lowest BCUT2D eigenvalue weighted by Gasteiger charge is -2.12. The molecule has 0 atom stereocenters. The van der Waals surface area contributed by atoms with Crippen LogP contribution in [0.1, 0.15) is 16.7 Å². The average Bonchev–Trinajstić information content (AvgIpc) is 3.30. The quantitative estimate of drug-likeness (QED) is 0.145. The number of nitrogens with zero attached hydrogens (tertiary/aromatic N) is 3. The second-order valence-electron chi connectivity index (χ2n) is 8.67. The smallest absolute Gasteiger partial charge is 0.406 e. The van der Waals surface area contributed by atoms with E-state index in [1.54, 1.807) is 17.1 Å². The van der Waals surface area contributed by atoms with Gasteiger partial charge < -0.3 is 10.1 Å². The highest BCUT2D eigenvalue weighted by Crippen LogP contribution is 2.29. The number of aromatic nitrogens is 2. The highest BCUT2D eigenvalue weighted by Gasteiger charge is 2.31. The van der Waals surface area contributed by atoms with Crippen molar-refractivity contribution in [3.05, 3.63) is 95.7 Å². The molecule has 0 saturated carbocycles. The van der Waals surface area contributed by atoms with Crippen molar-refractivity contribution in [3.8, 4) is 11.4 Å². The van der Waals surface area contributed by atoms with E-state index < -0.39 is 6.36 Å². The van der Waals surface area contributed by atoms with Crippen LogP contribution in [0.15, 0.2) is 84.1 Å². The van der Waals surface area contributed by atoms with Crippen molar-refractivity contribution in [1.82, 2.24) is 15.2 Å². The third-order valence-corrected chi connectivity index (χ3v) is 6.20. The molecule has 2 N–H and O–H groups in total. The maximum atomic E-state index is 12.5. The first-order chi connectivity index (χ1) is 18.2. The molecule has 5 rings (SSSR count). The van der Waals surface area contributed by atoms with Crippen LogP contribution in [0, 0.1) is 13.8 Å². The van der Waals surface area contributed by atoms with Gasteiger partial charge in [-0.2, -0.15) is 10.2 Å². The Hall–Kier alpha value is -4.44. The minimum absolute atomic E-state index is 0.284. The molecule has 6 nitrogen and oxygen atoms in total. The Morgan fingerprint density at radius 2 is 1.71 bits per heavy atom. The van der Waals surface area contributed by atoms with Gasteiger partial charge >= 0.3 is 6.36 Å². The fourth-order valence-electron chi connectivity index (χ4n) is 4.25. The van der Waals surface area contributed by atoms with E-state index in [0.717, 1.165) is 44.1 Å². The van der Waals surface area contributed by atoms with E-state index in [2.05, 4.69) is 25.7 Å². The molecule has 0 amide bonds. The van der Waals surface area contributed by atoms with E-state index in [1.807, 2.05) is 62.4 Å². The van der Waals surface area contributed by atoms with E-state index >= 15 is 0 Å². The van der Waals surface area contributed by atoms with Gasteiger partial charge in [-0.05, 0) is 89.9 Å². The van der Waals surface area contributed by atoms with Gasteiger partial charge in [0.15, 0.2) is 5.11 Å². The van der Waals surface area contributed by atoms with E-state index in [4.69, 9.17) is 12.2 Å². The fraction of sp³-hybridized carbons (Fsp3) is 0.107. The molecule has 1 aromatic heterocycles. The molecule has 0 aliphatic heterocycles. The molecule has 5 aromatic rings. The number of nitrogens with one attached hydrogen (secondary N) is 2. The van der Waals surface area contributed by atoms with Gasteiger partial charge in [0.1, 0.15) is 5.75 Å². The molecular weight excluding hydrogens is 511 g/mol. The molecule has 0 unspecified atom stereocenters. The number of thiocarbonyl (C=S) groups is 1. The van der Waals surface area contributed by atoms with Crippen LogP contribution >= 0.6 is 12.2 Å². The molecule has 0 saturated heterocycles. The monoisotopic (exact) mass is 533 g/mol. The van der Waals surface area contributed by atoms with E-state index in [1.165, 1.54) is 24.3 Å².